The Morgan fingerprint density at radius 1 is 0.895 bits per heavy atom. The van der Waals surface area contributed by atoms with Gasteiger partial charge in [-0.05, 0) is 42.0 Å². The second-order valence-corrected chi connectivity index (χ2v) is 8.70. The molecule has 0 spiro atoms. The monoisotopic (exact) mass is 508 g/mol. The Morgan fingerprint density at radius 2 is 1.61 bits per heavy atom. The van der Waals surface area contributed by atoms with E-state index in [1.165, 1.54) is 23.3 Å². The number of nitrogens with zero attached hydrogens (tertiary/aromatic N) is 3. The number of hydrogen-bond acceptors (Lipinski definition) is 4. The lowest BCUT2D eigenvalue weighted by molar-refractivity contribution is -0.135. The maximum atomic E-state index is 13.6. The van der Waals surface area contributed by atoms with E-state index in [1.807, 2.05) is 60.7 Å². The molecule has 7 nitrogen and oxygen atoms in total. The molecule has 2 amide bonds. The highest BCUT2D eigenvalue weighted by atomic mass is 19.1. The Bertz CT molecular complexity index is 1500. The van der Waals surface area contributed by atoms with E-state index in [1.54, 1.807) is 35.0 Å². The predicted molar refractivity (Wildman–Crippen MR) is 142 cm³/mol. The molecule has 0 saturated carbocycles. The minimum Gasteiger partial charge on any atom is -0.467 e. The maximum Gasteiger partial charge on any atom is 0.246 e. The number of hydrogen-bond donors (Lipinski definition) is 1. The molecule has 5 rings (SSSR count). The van der Waals surface area contributed by atoms with Crippen LogP contribution in [0.15, 0.2) is 114 Å². The van der Waals surface area contributed by atoms with E-state index in [4.69, 9.17) is 4.42 Å². The molecule has 0 aliphatic heterocycles. The van der Waals surface area contributed by atoms with Crippen molar-refractivity contribution >= 4 is 17.8 Å². The zero-order chi connectivity index (χ0) is 26.3. The molecule has 8 heteroatoms. The largest absolute Gasteiger partial charge is 0.467 e. The first kappa shape index (κ1) is 24.7. The average molecular weight is 509 g/mol. The number of amides is 2. The highest BCUT2D eigenvalue weighted by Crippen LogP contribution is 2.24. The first-order valence-electron chi connectivity index (χ1n) is 12.1. The summed E-state index contributed by atoms with van der Waals surface area (Å²) in [7, 11) is 0. The van der Waals surface area contributed by atoms with Crippen molar-refractivity contribution in [2.45, 2.75) is 13.0 Å². The summed E-state index contributed by atoms with van der Waals surface area (Å²) in [5.74, 6) is -0.179. The van der Waals surface area contributed by atoms with Crippen LogP contribution in [0.2, 0.25) is 0 Å². The standard InChI is InChI=1S/C30H25FN4O3/c31-24-13-15-25(16-14-24)35-20-27(23-10-5-2-6-11-23)32-30(35)33-28(36)21-34(19-26-12-7-17-38-26)29(37)18-22-8-3-1-4-9-22/h1-17,20H,18-19,21H2,(H,32,33,36). The molecule has 0 saturated heterocycles. The Hall–Kier alpha value is -4.98. The fraction of sp³-hybridized carbons (Fsp3) is 0.100. The molecule has 0 radical (unpaired) electrons. The van der Waals surface area contributed by atoms with Crippen LogP contribution in [-0.4, -0.2) is 32.8 Å². The summed E-state index contributed by atoms with van der Waals surface area (Å²) in [5, 5.41) is 2.84. The highest BCUT2D eigenvalue weighted by molar-refractivity contribution is 5.94. The number of anilines is 1. The molecule has 2 aromatic heterocycles. The van der Waals surface area contributed by atoms with Gasteiger partial charge in [0.1, 0.15) is 18.1 Å². The predicted octanol–water partition coefficient (Wildman–Crippen LogP) is 5.48. The molecular formula is C30H25FN4O3. The van der Waals surface area contributed by atoms with Gasteiger partial charge in [0.05, 0.1) is 24.9 Å². The van der Waals surface area contributed by atoms with Gasteiger partial charge in [-0.25, -0.2) is 9.37 Å². The molecular weight excluding hydrogens is 483 g/mol. The van der Waals surface area contributed by atoms with Crippen LogP contribution in [0.3, 0.4) is 0 Å². The molecule has 38 heavy (non-hydrogen) atoms. The van der Waals surface area contributed by atoms with Crippen LogP contribution in [0.1, 0.15) is 11.3 Å². The van der Waals surface area contributed by atoms with Crippen LogP contribution in [-0.2, 0) is 22.6 Å². The van der Waals surface area contributed by atoms with Crippen molar-refractivity contribution in [1.29, 1.82) is 0 Å². The smallest absolute Gasteiger partial charge is 0.246 e. The lowest BCUT2D eigenvalue weighted by Gasteiger charge is -2.21. The number of aromatic nitrogens is 2. The van der Waals surface area contributed by atoms with Crippen LogP contribution in [0.25, 0.3) is 16.9 Å². The Morgan fingerprint density at radius 3 is 2.29 bits per heavy atom. The number of halogens is 1. The van der Waals surface area contributed by atoms with Crippen molar-refractivity contribution in [1.82, 2.24) is 14.5 Å². The number of nitrogens with one attached hydrogen (secondary N) is 1. The normalized spacial score (nSPS) is 10.8. The SMILES string of the molecule is O=C(CN(Cc1ccco1)C(=O)Cc1ccccc1)Nc1nc(-c2ccccc2)cn1-c1ccc(F)cc1. The molecule has 0 fully saturated rings. The third-order valence-electron chi connectivity index (χ3n) is 5.94. The number of furan rings is 1. The van der Waals surface area contributed by atoms with E-state index < -0.39 is 5.91 Å². The second kappa shape index (κ2) is 11.4. The molecule has 0 unspecified atom stereocenters. The quantitative estimate of drug-likeness (QED) is 0.286. The van der Waals surface area contributed by atoms with E-state index in [2.05, 4.69) is 10.3 Å². The topological polar surface area (TPSA) is 80.4 Å². The summed E-state index contributed by atoms with van der Waals surface area (Å²) in [4.78, 5) is 32.5. The van der Waals surface area contributed by atoms with Crippen LogP contribution >= 0.6 is 0 Å². The van der Waals surface area contributed by atoms with Gasteiger partial charge in [0, 0.05) is 17.4 Å². The second-order valence-electron chi connectivity index (χ2n) is 8.70. The maximum absolute atomic E-state index is 13.6. The van der Waals surface area contributed by atoms with Gasteiger partial charge in [0.2, 0.25) is 17.8 Å². The summed E-state index contributed by atoms with van der Waals surface area (Å²) in [5.41, 5.74) is 2.98. The van der Waals surface area contributed by atoms with Crippen LogP contribution in [0.5, 0.6) is 0 Å². The van der Waals surface area contributed by atoms with Gasteiger partial charge < -0.3 is 9.32 Å². The van der Waals surface area contributed by atoms with Crippen molar-refractivity contribution in [3.05, 3.63) is 127 Å². The van der Waals surface area contributed by atoms with E-state index in [0.29, 0.717) is 17.1 Å². The van der Waals surface area contributed by atoms with Crippen molar-refractivity contribution < 1.29 is 18.4 Å². The minimum atomic E-state index is -0.424. The average Bonchev–Trinajstić information content (AvgIpc) is 3.60. The third kappa shape index (κ3) is 6.04. The number of carbonyl (C=O) groups is 2. The van der Waals surface area contributed by atoms with Crippen LogP contribution in [0.4, 0.5) is 10.3 Å². The van der Waals surface area contributed by atoms with Gasteiger partial charge in [0.15, 0.2) is 0 Å². The summed E-state index contributed by atoms with van der Waals surface area (Å²) in [6.07, 6.45) is 3.45. The van der Waals surface area contributed by atoms with Crippen molar-refractivity contribution in [2.75, 3.05) is 11.9 Å². The fourth-order valence-corrected chi connectivity index (χ4v) is 4.06. The molecule has 2 heterocycles. The van der Waals surface area contributed by atoms with E-state index >= 15 is 0 Å². The lowest BCUT2D eigenvalue weighted by atomic mass is 10.1. The summed E-state index contributed by atoms with van der Waals surface area (Å²) in [6, 6.07) is 28.3. The minimum absolute atomic E-state index is 0.147. The summed E-state index contributed by atoms with van der Waals surface area (Å²) >= 11 is 0. The zero-order valence-corrected chi connectivity index (χ0v) is 20.5. The summed E-state index contributed by atoms with van der Waals surface area (Å²) < 4.78 is 20.7. The Labute approximate surface area is 219 Å². The van der Waals surface area contributed by atoms with Crippen LogP contribution in [0, 0.1) is 5.82 Å². The number of rotatable bonds is 9. The van der Waals surface area contributed by atoms with E-state index in [-0.39, 0.29) is 37.2 Å². The number of imidazole rings is 1. The molecule has 0 aliphatic carbocycles. The van der Waals surface area contributed by atoms with E-state index in [0.717, 1.165) is 11.1 Å². The number of benzene rings is 3. The van der Waals surface area contributed by atoms with Crippen molar-refractivity contribution in [2.24, 2.45) is 0 Å². The lowest BCUT2D eigenvalue weighted by Crippen LogP contribution is -2.38. The molecule has 3 aromatic carbocycles. The molecule has 1 N–H and O–H groups in total. The van der Waals surface area contributed by atoms with Crippen LogP contribution < -0.4 is 5.32 Å². The summed E-state index contributed by atoms with van der Waals surface area (Å²) in [6.45, 7) is -0.0585. The first-order valence-corrected chi connectivity index (χ1v) is 12.1. The third-order valence-corrected chi connectivity index (χ3v) is 5.94. The number of carbonyl (C=O) groups excluding carboxylic acids is 2. The zero-order valence-electron chi connectivity index (χ0n) is 20.5. The first-order chi connectivity index (χ1) is 18.5. The van der Waals surface area contributed by atoms with Crippen molar-refractivity contribution in [3.8, 4) is 16.9 Å². The molecule has 0 atom stereocenters. The van der Waals surface area contributed by atoms with Gasteiger partial charge in [-0.1, -0.05) is 60.7 Å². The highest BCUT2D eigenvalue weighted by Gasteiger charge is 2.21. The van der Waals surface area contributed by atoms with E-state index in [9.17, 15) is 14.0 Å². The molecule has 190 valence electrons. The van der Waals surface area contributed by atoms with Gasteiger partial charge in [0.25, 0.3) is 0 Å². The Kier molecular flexibility index (Phi) is 7.40. The van der Waals surface area contributed by atoms with Gasteiger partial charge >= 0.3 is 0 Å². The molecule has 0 bridgehead atoms. The van der Waals surface area contributed by atoms with Gasteiger partial charge in [-0.15, -0.1) is 0 Å². The molecule has 0 aliphatic rings. The van der Waals surface area contributed by atoms with Gasteiger partial charge in [-0.2, -0.15) is 0 Å². The van der Waals surface area contributed by atoms with Crippen molar-refractivity contribution in [3.63, 3.8) is 0 Å². The Balaban J connectivity index is 1.39. The fourth-order valence-electron chi connectivity index (χ4n) is 4.06. The van der Waals surface area contributed by atoms with Gasteiger partial charge in [-0.3, -0.25) is 19.5 Å². The molecule has 5 aromatic rings.